The summed E-state index contributed by atoms with van der Waals surface area (Å²) in [6.07, 6.45) is 2.49. The van der Waals surface area contributed by atoms with Gasteiger partial charge in [-0.1, -0.05) is 60.7 Å². The Labute approximate surface area is 149 Å². The second-order valence-electron chi connectivity index (χ2n) is 7.46. The molecule has 25 heavy (non-hydrogen) atoms. The van der Waals surface area contributed by atoms with Gasteiger partial charge in [-0.2, -0.15) is 0 Å². The summed E-state index contributed by atoms with van der Waals surface area (Å²) in [6.45, 7) is 4.75. The van der Waals surface area contributed by atoms with Crippen molar-refractivity contribution in [3.63, 3.8) is 0 Å². The highest BCUT2D eigenvalue weighted by atomic mass is 16.6. The molecule has 0 amide bonds. The lowest BCUT2D eigenvalue weighted by Gasteiger charge is -2.32. The van der Waals surface area contributed by atoms with Crippen LogP contribution in [0.15, 0.2) is 60.7 Å². The van der Waals surface area contributed by atoms with Crippen molar-refractivity contribution in [2.75, 3.05) is 13.2 Å². The fourth-order valence-electron chi connectivity index (χ4n) is 3.99. The Balaban J connectivity index is 1.33. The van der Waals surface area contributed by atoms with Crippen molar-refractivity contribution < 1.29 is 14.2 Å². The molecule has 0 N–H and O–H groups in total. The summed E-state index contributed by atoms with van der Waals surface area (Å²) >= 11 is 0. The number of hydrogen-bond acceptors (Lipinski definition) is 3. The van der Waals surface area contributed by atoms with Crippen LogP contribution in [0.4, 0.5) is 0 Å². The van der Waals surface area contributed by atoms with Crippen LogP contribution in [0, 0.1) is 5.41 Å². The van der Waals surface area contributed by atoms with E-state index in [9.17, 15) is 0 Å². The maximum Gasteiger partial charge on any atom is 0.0969 e. The Hall–Kier alpha value is -1.68. The Morgan fingerprint density at radius 3 is 2.12 bits per heavy atom. The van der Waals surface area contributed by atoms with Crippen molar-refractivity contribution in [2.24, 2.45) is 5.41 Å². The summed E-state index contributed by atoms with van der Waals surface area (Å²) in [6, 6.07) is 20.7. The summed E-state index contributed by atoms with van der Waals surface area (Å²) in [5, 5.41) is 0. The molecular formula is C22H26O3. The fourth-order valence-corrected chi connectivity index (χ4v) is 3.99. The van der Waals surface area contributed by atoms with Gasteiger partial charge in [-0.05, 0) is 30.9 Å². The zero-order valence-corrected chi connectivity index (χ0v) is 14.8. The third-order valence-corrected chi connectivity index (χ3v) is 5.79. The Morgan fingerprint density at radius 1 is 0.920 bits per heavy atom. The average molecular weight is 338 g/mol. The first-order valence-corrected chi connectivity index (χ1v) is 9.13. The van der Waals surface area contributed by atoms with Gasteiger partial charge in [-0.25, -0.2) is 0 Å². The van der Waals surface area contributed by atoms with E-state index >= 15 is 0 Å². The minimum Gasteiger partial charge on any atom is -0.374 e. The van der Waals surface area contributed by atoms with Crippen molar-refractivity contribution in [2.45, 2.75) is 44.7 Å². The second kappa shape index (κ2) is 6.91. The van der Waals surface area contributed by atoms with Crippen LogP contribution in [0.2, 0.25) is 0 Å². The van der Waals surface area contributed by atoms with Gasteiger partial charge in [0.2, 0.25) is 0 Å². The predicted molar refractivity (Wildman–Crippen MR) is 97.1 cm³/mol. The molecule has 2 atom stereocenters. The van der Waals surface area contributed by atoms with Gasteiger partial charge in [0.05, 0.1) is 38.1 Å². The van der Waals surface area contributed by atoms with E-state index in [1.54, 1.807) is 0 Å². The summed E-state index contributed by atoms with van der Waals surface area (Å²) in [4.78, 5) is 0. The van der Waals surface area contributed by atoms with E-state index in [1.165, 1.54) is 11.1 Å². The lowest BCUT2D eigenvalue weighted by atomic mass is 9.84. The maximum absolute atomic E-state index is 6.25. The van der Waals surface area contributed by atoms with Crippen LogP contribution in [0.25, 0.3) is 0 Å². The van der Waals surface area contributed by atoms with Gasteiger partial charge in [0, 0.05) is 5.41 Å². The van der Waals surface area contributed by atoms with Crippen LogP contribution < -0.4 is 0 Å². The molecule has 1 spiro atoms. The van der Waals surface area contributed by atoms with Crippen molar-refractivity contribution in [1.29, 1.82) is 0 Å². The third-order valence-electron chi connectivity index (χ3n) is 5.79. The fraction of sp³-hybridized carbons (Fsp3) is 0.455. The number of hydrogen-bond donors (Lipinski definition) is 0. The Morgan fingerprint density at radius 2 is 1.52 bits per heavy atom. The monoisotopic (exact) mass is 338 g/mol. The molecule has 2 aliphatic rings. The largest absolute Gasteiger partial charge is 0.374 e. The van der Waals surface area contributed by atoms with E-state index in [0.717, 1.165) is 12.8 Å². The van der Waals surface area contributed by atoms with Gasteiger partial charge in [0.1, 0.15) is 0 Å². The van der Waals surface area contributed by atoms with E-state index in [2.05, 4.69) is 43.3 Å². The Kier molecular flexibility index (Phi) is 4.63. The molecule has 0 bridgehead atoms. The lowest BCUT2D eigenvalue weighted by molar-refractivity contribution is -0.0843. The van der Waals surface area contributed by atoms with E-state index in [-0.39, 0.29) is 17.1 Å². The zero-order valence-electron chi connectivity index (χ0n) is 14.8. The van der Waals surface area contributed by atoms with Crippen LogP contribution in [0.3, 0.4) is 0 Å². The first kappa shape index (κ1) is 16.8. The van der Waals surface area contributed by atoms with Crippen LogP contribution in [0.5, 0.6) is 0 Å². The van der Waals surface area contributed by atoms with Crippen LogP contribution in [0.1, 0.15) is 30.9 Å². The molecule has 0 aromatic heterocycles. The molecule has 1 unspecified atom stereocenters. The minimum absolute atomic E-state index is 0.123. The molecule has 132 valence electrons. The topological polar surface area (TPSA) is 27.7 Å². The second-order valence-corrected chi connectivity index (χ2v) is 7.46. The van der Waals surface area contributed by atoms with E-state index in [1.807, 2.05) is 24.3 Å². The van der Waals surface area contributed by atoms with Crippen molar-refractivity contribution in [3.8, 4) is 0 Å². The summed E-state index contributed by atoms with van der Waals surface area (Å²) in [7, 11) is 0. The number of rotatable bonds is 7. The highest BCUT2D eigenvalue weighted by molar-refractivity contribution is 5.18. The SMILES string of the molecule is CC1(COCc2ccccc2)OC[C@@H](OCc2ccccc2)C12CC2. The van der Waals surface area contributed by atoms with Gasteiger partial charge in [0.25, 0.3) is 0 Å². The molecule has 1 saturated carbocycles. The first-order valence-electron chi connectivity index (χ1n) is 9.13. The summed E-state index contributed by atoms with van der Waals surface area (Å²) < 4.78 is 18.5. The highest BCUT2D eigenvalue weighted by Gasteiger charge is 2.67. The molecule has 2 fully saturated rings. The van der Waals surface area contributed by atoms with Crippen molar-refractivity contribution in [1.82, 2.24) is 0 Å². The summed E-state index contributed by atoms with van der Waals surface area (Å²) in [5.74, 6) is 0. The molecule has 0 radical (unpaired) electrons. The van der Waals surface area contributed by atoms with Gasteiger partial charge >= 0.3 is 0 Å². The predicted octanol–water partition coefficient (Wildman–Crippen LogP) is 4.36. The molecular weight excluding hydrogens is 312 g/mol. The average Bonchev–Trinajstić information content (AvgIpc) is 3.41. The molecule has 4 rings (SSSR count). The molecule has 2 aromatic carbocycles. The molecule has 1 saturated heterocycles. The van der Waals surface area contributed by atoms with Crippen LogP contribution >= 0.6 is 0 Å². The molecule has 1 aliphatic carbocycles. The van der Waals surface area contributed by atoms with Crippen LogP contribution in [-0.2, 0) is 27.4 Å². The smallest absolute Gasteiger partial charge is 0.0969 e. The maximum atomic E-state index is 6.25. The number of ether oxygens (including phenoxy) is 3. The number of benzene rings is 2. The Bertz CT molecular complexity index is 681. The quantitative estimate of drug-likeness (QED) is 0.751. The van der Waals surface area contributed by atoms with Gasteiger partial charge in [-0.3, -0.25) is 0 Å². The zero-order chi connectivity index (χ0) is 17.2. The van der Waals surface area contributed by atoms with Gasteiger partial charge in [-0.15, -0.1) is 0 Å². The van der Waals surface area contributed by atoms with E-state index in [4.69, 9.17) is 14.2 Å². The van der Waals surface area contributed by atoms with Crippen molar-refractivity contribution in [3.05, 3.63) is 71.8 Å². The molecule has 3 nitrogen and oxygen atoms in total. The van der Waals surface area contributed by atoms with Gasteiger partial charge in [0.15, 0.2) is 0 Å². The van der Waals surface area contributed by atoms with E-state index < -0.39 is 0 Å². The molecule has 1 heterocycles. The minimum atomic E-state index is -0.247. The first-order chi connectivity index (χ1) is 12.2. The summed E-state index contributed by atoms with van der Waals surface area (Å²) in [5.41, 5.74) is 2.29. The third kappa shape index (κ3) is 3.37. The standard InChI is InChI=1S/C22H26O3/c1-21(17-23-14-18-8-4-2-5-9-18)22(12-13-22)20(16-25-21)24-15-19-10-6-3-7-11-19/h2-11,20H,12-17H2,1H3/t20-,21?/m1/s1. The lowest BCUT2D eigenvalue weighted by Crippen LogP contribution is -2.42. The molecule has 2 aromatic rings. The van der Waals surface area contributed by atoms with Gasteiger partial charge < -0.3 is 14.2 Å². The van der Waals surface area contributed by atoms with Crippen LogP contribution in [-0.4, -0.2) is 24.9 Å². The molecule has 3 heteroatoms. The van der Waals surface area contributed by atoms with Crippen molar-refractivity contribution >= 4 is 0 Å². The molecule has 1 aliphatic heterocycles. The highest BCUT2D eigenvalue weighted by Crippen LogP contribution is 2.62. The van der Waals surface area contributed by atoms with E-state index in [0.29, 0.717) is 26.4 Å². The normalized spacial score (nSPS) is 26.8.